The summed E-state index contributed by atoms with van der Waals surface area (Å²) in [7, 11) is 5.21. The average molecular weight is 1350 g/mol. The lowest BCUT2D eigenvalue weighted by Gasteiger charge is -2.43. The van der Waals surface area contributed by atoms with Crippen LogP contribution in [0.4, 0.5) is 0 Å². The van der Waals surface area contributed by atoms with E-state index in [1.165, 1.54) is 83.1 Å². The molecule has 4 saturated heterocycles. The van der Waals surface area contributed by atoms with Crippen molar-refractivity contribution in [1.29, 1.82) is 0 Å². The molecule has 0 aliphatic carbocycles. The van der Waals surface area contributed by atoms with E-state index in [4.69, 9.17) is 71.1 Å². The number of phenolic OH excluding ortho intramolecular Hbond substituents is 4. The van der Waals surface area contributed by atoms with Crippen LogP contribution in [-0.4, -0.2) is 281 Å². The second-order valence-electron chi connectivity index (χ2n) is 22.1. The van der Waals surface area contributed by atoms with Crippen LogP contribution >= 0.6 is 0 Å². The molecule has 0 aromatic heterocycles. The number of carbonyl (C=O) groups excluding carboxylic acids is 2. The fourth-order valence-corrected chi connectivity index (χ4v) is 10.5. The maximum absolute atomic E-state index is 12.9. The highest BCUT2D eigenvalue weighted by molar-refractivity contribution is 5.88. The zero-order chi connectivity index (χ0) is 68.9. The van der Waals surface area contributed by atoms with Gasteiger partial charge in [0.25, 0.3) is 11.9 Å². The maximum atomic E-state index is 12.9. The molecule has 0 spiro atoms. The summed E-state index contributed by atoms with van der Waals surface area (Å²) < 4.78 is 82.3. The van der Waals surface area contributed by atoms with E-state index < -0.39 is 185 Å². The smallest absolute Gasteiger partial charge is 0.330 e. The van der Waals surface area contributed by atoms with Crippen LogP contribution < -0.4 is 28.4 Å². The minimum absolute atomic E-state index is 0.00729. The fourth-order valence-electron chi connectivity index (χ4n) is 10.5. The Balaban J connectivity index is 0.932. The van der Waals surface area contributed by atoms with Crippen LogP contribution in [0.15, 0.2) is 72.5 Å². The summed E-state index contributed by atoms with van der Waals surface area (Å²) in [6.45, 7) is -3.09. The van der Waals surface area contributed by atoms with E-state index in [1.54, 1.807) is 0 Å². The summed E-state index contributed by atoms with van der Waals surface area (Å²) in [6, 6.07) is 11.3. The van der Waals surface area contributed by atoms with Crippen molar-refractivity contribution in [2.24, 2.45) is 0 Å². The number of carbonyl (C=O) groups is 2. The van der Waals surface area contributed by atoms with E-state index in [9.17, 15) is 96.4 Å². The number of methoxy groups -OCH3 is 4. The van der Waals surface area contributed by atoms with Gasteiger partial charge < -0.3 is 158 Å². The van der Waals surface area contributed by atoms with Crippen LogP contribution in [0.1, 0.15) is 28.4 Å². The average Bonchev–Trinajstić information content (AvgIpc) is 0.770. The first kappa shape index (κ1) is 71.2. The number of fused-ring (bicyclic) bond motifs is 1. The number of ether oxygens (including phenoxy) is 15. The first-order valence-corrected chi connectivity index (χ1v) is 29.0. The van der Waals surface area contributed by atoms with Crippen molar-refractivity contribution >= 4 is 30.2 Å². The second kappa shape index (κ2) is 30.8. The van der Waals surface area contributed by atoms with Gasteiger partial charge in [-0.25, -0.2) is 9.59 Å². The van der Waals surface area contributed by atoms with E-state index in [-0.39, 0.29) is 62.9 Å². The summed E-state index contributed by atoms with van der Waals surface area (Å²) in [5.41, 5.74) is 0.557. The van der Waals surface area contributed by atoms with Crippen molar-refractivity contribution < 1.29 is 167 Å². The SMILES string of the molecule is COc1cc(C=CC(=O)OCC2OC(OCC3OC(OC4=Cc5c(O)cc(OC6OC(COC(=O)C=Cc7cc(OC)c(O)c(OC)c7)C(O)C(O)C6O)cc5[OH+]C4c4ccc(O)c(OC5OC(CO)C(O)C(O)C5O)c4)C(O)C(O)C3O)C(O)C(O)C2O)cc(OC)c1O. The van der Waals surface area contributed by atoms with Gasteiger partial charge in [0, 0.05) is 24.3 Å². The molecule has 95 heavy (non-hydrogen) atoms. The van der Waals surface area contributed by atoms with Crippen LogP contribution in [0.5, 0.6) is 63.2 Å². The van der Waals surface area contributed by atoms with Gasteiger partial charge in [-0.15, -0.1) is 0 Å². The zero-order valence-electron chi connectivity index (χ0n) is 50.6. The van der Waals surface area contributed by atoms with Crippen LogP contribution in [-0.2, 0) is 47.5 Å². The highest BCUT2D eigenvalue weighted by Crippen LogP contribution is 2.48. The van der Waals surface area contributed by atoms with Crippen molar-refractivity contribution in [2.45, 2.75) is 129 Å². The molecule has 4 fully saturated rings. The van der Waals surface area contributed by atoms with Gasteiger partial charge >= 0.3 is 11.9 Å². The number of rotatable bonds is 23. The minimum Gasteiger partial charge on any atom is -0.571 e. The standard InChI is InChI=1S/C61H72O34/c1-81-32-11-23(12-33(82-2)43(32)67)5-9-41(65)85-20-38-46(70)50(74)53(77)58(93-38)87-22-40-48(72)52(76)56(80)61(95-40)91-36-18-27-29(64)16-26(17-30(27)89-57(36)25-7-8-28(63)31(15-25)90-60-55(79)49(73)45(69)37(19-62)92-60)88-59-54(78)51(75)47(71)39(94-59)21-86-42(66)10-6-24-13-34(83-3)44(68)35(14-24)84-4/h5-18,37-40,45-64,67-80H,19-22H2,1-4H3/p+1. The highest BCUT2D eigenvalue weighted by Gasteiger charge is 2.51. The van der Waals surface area contributed by atoms with Crippen molar-refractivity contribution in [3.8, 4) is 63.2 Å². The Kier molecular flexibility index (Phi) is 23.1. The molecule has 9 rings (SSSR count). The summed E-state index contributed by atoms with van der Waals surface area (Å²) in [4.78, 5) is 25.6. The third-order valence-electron chi connectivity index (χ3n) is 15.9. The number of esters is 2. The van der Waals surface area contributed by atoms with Gasteiger partial charge in [-0.1, -0.05) is 0 Å². The molecule has 4 aromatic rings. The molecule has 5 aliphatic heterocycles. The zero-order valence-corrected chi connectivity index (χ0v) is 50.6. The second-order valence-corrected chi connectivity index (χ2v) is 22.1. The van der Waals surface area contributed by atoms with E-state index in [1.807, 2.05) is 0 Å². The summed E-state index contributed by atoms with van der Waals surface area (Å²) >= 11 is 0. The predicted molar refractivity (Wildman–Crippen MR) is 313 cm³/mol. The van der Waals surface area contributed by atoms with Crippen molar-refractivity contribution in [3.63, 3.8) is 0 Å². The monoisotopic (exact) mass is 1350 g/mol. The summed E-state index contributed by atoms with van der Waals surface area (Å²) in [5.74, 6) is -4.84. The largest absolute Gasteiger partial charge is 0.571 e. The Hall–Kier alpha value is -8.08. The number of aliphatic hydroxyl groups is 14. The fraction of sp³-hybridized carbons (Fsp3) is 0.475. The molecule has 0 bridgehead atoms. The Bertz CT molecular complexity index is 3360. The molecule has 0 radical (unpaired) electrons. The Labute approximate surface area is 538 Å². The molecular weight excluding hydrogens is 1280 g/mol. The molecule has 5 aliphatic rings. The number of aromatic hydroxyl groups is 5. The lowest BCUT2D eigenvalue weighted by molar-refractivity contribution is -0.328. The molecule has 21 atom stereocenters. The topological polar surface area (TPSA) is 520 Å². The first-order chi connectivity index (χ1) is 45.3. The van der Waals surface area contributed by atoms with E-state index in [2.05, 4.69) is 0 Å². The molecule has 34 nitrogen and oxygen atoms in total. The minimum atomic E-state index is -2.11. The molecular formula is C61H73O34+. The molecule has 18 N–H and O–H groups in total. The highest BCUT2D eigenvalue weighted by atomic mass is 16.7. The van der Waals surface area contributed by atoms with Crippen LogP contribution in [0, 0.1) is 0 Å². The van der Waals surface area contributed by atoms with Crippen LogP contribution in [0.3, 0.4) is 0 Å². The van der Waals surface area contributed by atoms with Gasteiger partial charge in [0.2, 0.25) is 30.4 Å². The lowest BCUT2D eigenvalue weighted by atomic mass is 9.98. The van der Waals surface area contributed by atoms with Gasteiger partial charge in [-0.3, -0.25) is 0 Å². The number of benzene rings is 4. The number of hydrogen-bond donors (Lipinski definition) is 17. The van der Waals surface area contributed by atoms with E-state index in [0.717, 1.165) is 30.4 Å². The van der Waals surface area contributed by atoms with Gasteiger partial charge in [0.1, 0.15) is 128 Å². The Morgan fingerprint density at radius 1 is 0.463 bits per heavy atom. The molecule has 0 saturated carbocycles. The third-order valence-corrected chi connectivity index (χ3v) is 15.9. The lowest BCUT2D eigenvalue weighted by Crippen LogP contribution is -2.61. The van der Waals surface area contributed by atoms with Gasteiger partial charge in [0.15, 0.2) is 46.5 Å². The molecule has 34 heteroatoms. The molecule has 5 heterocycles. The van der Waals surface area contributed by atoms with E-state index in [0.29, 0.717) is 11.1 Å². The Morgan fingerprint density at radius 3 is 1.36 bits per heavy atom. The number of aliphatic hydroxyl groups excluding tert-OH is 13. The predicted octanol–water partition coefficient (Wildman–Crippen LogP) is -3.59. The molecule has 520 valence electrons. The van der Waals surface area contributed by atoms with Gasteiger partial charge in [-0.05, 0) is 65.7 Å². The van der Waals surface area contributed by atoms with Crippen molar-refractivity contribution in [1.82, 2.24) is 0 Å². The van der Waals surface area contributed by atoms with E-state index >= 15 is 0 Å². The quantitative estimate of drug-likeness (QED) is 0.0194. The molecule has 4 aromatic carbocycles. The number of hydrogen-bond acceptors (Lipinski definition) is 33. The Morgan fingerprint density at radius 2 is 0.884 bits per heavy atom. The first-order valence-electron chi connectivity index (χ1n) is 29.0. The summed E-state index contributed by atoms with van der Waals surface area (Å²) in [5, 5.41) is 184. The van der Waals surface area contributed by atoms with Crippen molar-refractivity contribution in [3.05, 3.63) is 94.8 Å². The third kappa shape index (κ3) is 15.8. The maximum Gasteiger partial charge on any atom is 0.330 e. The molecule has 0 amide bonds. The number of phenols is 4. The van der Waals surface area contributed by atoms with Gasteiger partial charge in [0.05, 0.1) is 53.3 Å². The summed E-state index contributed by atoms with van der Waals surface area (Å²) in [6.07, 6.45) is -33.0. The normalized spacial score (nSPS) is 32.3. The van der Waals surface area contributed by atoms with Crippen LogP contribution in [0.2, 0.25) is 0 Å². The molecule has 21 unspecified atom stereocenters. The van der Waals surface area contributed by atoms with Gasteiger partial charge in [-0.2, -0.15) is 0 Å². The van der Waals surface area contributed by atoms with Crippen molar-refractivity contribution in [2.75, 3.05) is 54.9 Å². The van der Waals surface area contributed by atoms with Crippen LogP contribution in [0.25, 0.3) is 18.2 Å².